The summed E-state index contributed by atoms with van der Waals surface area (Å²) in [6, 6.07) is 14.6. The van der Waals surface area contributed by atoms with Crippen LogP contribution in [-0.2, 0) is 14.8 Å². The van der Waals surface area contributed by atoms with E-state index in [2.05, 4.69) is 24.9 Å². The van der Waals surface area contributed by atoms with Crippen molar-refractivity contribution in [3.63, 3.8) is 0 Å². The zero-order chi connectivity index (χ0) is 20.1. The van der Waals surface area contributed by atoms with Gasteiger partial charge < -0.3 is 15.0 Å². The molecule has 0 unspecified atom stereocenters. The summed E-state index contributed by atoms with van der Waals surface area (Å²) in [5.41, 5.74) is 0. The monoisotopic (exact) mass is 413 g/mol. The third-order valence-electron chi connectivity index (χ3n) is 4.75. The van der Waals surface area contributed by atoms with E-state index in [0.717, 1.165) is 24.3 Å². The Kier molecular flexibility index (Phi) is 5.89. The normalized spacial score (nSPS) is 14.8. The van der Waals surface area contributed by atoms with Crippen LogP contribution in [0.15, 0.2) is 59.8 Å². The highest BCUT2D eigenvalue weighted by molar-refractivity contribution is 7.89. The van der Waals surface area contributed by atoms with Gasteiger partial charge in [-0.3, -0.25) is 0 Å². The van der Waals surface area contributed by atoms with Gasteiger partial charge in [-0.25, -0.2) is 23.1 Å². The van der Waals surface area contributed by atoms with Gasteiger partial charge in [0.1, 0.15) is 18.0 Å². The number of anilines is 2. The second kappa shape index (κ2) is 8.73. The molecule has 0 atom stereocenters. The van der Waals surface area contributed by atoms with Crippen LogP contribution in [0.4, 0.5) is 11.6 Å². The molecule has 8 nitrogen and oxygen atoms in total. The van der Waals surface area contributed by atoms with Crippen molar-refractivity contribution in [1.82, 2.24) is 14.7 Å². The van der Waals surface area contributed by atoms with Crippen LogP contribution in [0.5, 0.6) is 0 Å². The number of benzene rings is 2. The lowest BCUT2D eigenvalue weighted by Gasteiger charge is -2.27. The number of rotatable bonds is 7. The van der Waals surface area contributed by atoms with Crippen LogP contribution in [0.3, 0.4) is 0 Å². The first-order valence-corrected chi connectivity index (χ1v) is 11.0. The lowest BCUT2D eigenvalue weighted by Crippen LogP contribution is -2.36. The largest absolute Gasteiger partial charge is 0.378 e. The molecule has 1 aliphatic heterocycles. The van der Waals surface area contributed by atoms with Gasteiger partial charge >= 0.3 is 0 Å². The van der Waals surface area contributed by atoms with Crippen LogP contribution in [0.2, 0.25) is 0 Å². The summed E-state index contributed by atoms with van der Waals surface area (Å²) < 4.78 is 33.5. The minimum Gasteiger partial charge on any atom is -0.378 e. The lowest BCUT2D eigenvalue weighted by molar-refractivity contribution is 0.122. The van der Waals surface area contributed by atoms with Crippen molar-refractivity contribution in [2.24, 2.45) is 0 Å². The molecule has 2 heterocycles. The lowest BCUT2D eigenvalue weighted by atomic mass is 10.1. The summed E-state index contributed by atoms with van der Waals surface area (Å²) in [6.45, 7) is 3.60. The molecule has 1 saturated heterocycles. The van der Waals surface area contributed by atoms with Gasteiger partial charge in [-0.15, -0.1) is 0 Å². The van der Waals surface area contributed by atoms with Crippen LogP contribution in [0.25, 0.3) is 10.8 Å². The molecule has 1 fully saturated rings. The Bertz CT molecular complexity index is 1080. The summed E-state index contributed by atoms with van der Waals surface area (Å²) in [4.78, 5) is 10.9. The molecule has 0 bridgehead atoms. The number of sulfonamides is 1. The van der Waals surface area contributed by atoms with E-state index >= 15 is 0 Å². The van der Waals surface area contributed by atoms with E-state index in [1.54, 1.807) is 12.1 Å². The molecule has 0 spiro atoms. The van der Waals surface area contributed by atoms with Crippen LogP contribution in [0, 0.1) is 0 Å². The van der Waals surface area contributed by atoms with Gasteiger partial charge in [-0.05, 0) is 11.5 Å². The SMILES string of the molecule is O=S(=O)(NCCNc1cc(N2CCOCC2)ncn1)c1cccc2ccccc12. The number of fused-ring (bicyclic) bond motifs is 1. The van der Waals surface area contributed by atoms with Crippen molar-refractivity contribution in [1.29, 1.82) is 0 Å². The molecule has 0 saturated carbocycles. The highest BCUT2D eigenvalue weighted by Crippen LogP contribution is 2.22. The van der Waals surface area contributed by atoms with Crippen molar-refractivity contribution < 1.29 is 13.2 Å². The zero-order valence-electron chi connectivity index (χ0n) is 15.9. The molecule has 0 aliphatic carbocycles. The first-order valence-electron chi connectivity index (χ1n) is 9.49. The van der Waals surface area contributed by atoms with E-state index in [-0.39, 0.29) is 11.4 Å². The van der Waals surface area contributed by atoms with Gasteiger partial charge in [0, 0.05) is 37.6 Å². The quantitative estimate of drug-likeness (QED) is 0.571. The smallest absolute Gasteiger partial charge is 0.241 e. The highest BCUT2D eigenvalue weighted by atomic mass is 32.2. The fourth-order valence-corrected chi connectivity index (χ4v) is 4.55. The van der Waals surface area contributed by atoms with Gasteiger partial charge in [0.15, 0.2) is 0 Å². The minimum absolute atomic E-state index is 0.239. The highest BCUT2D eigenvalue weighted by Gasteiger charge is 2.16. The first-order chi connectivity index (χ1) is 14.1. The molecule has 3 aromatic rings. The standard InChI is InChI=1S/C20H23N5O3S/c26-29(27,18-7-3-5-16-4-1-2-6-17(16)18)24-9-8-21-19-14-20(23-15-22-19)25-10-12-28-13-11-25/h1-7,14-15,24H,8-13H2,(H,21,22,23). The Labute approximate surface area is 170 Å². The molecule has 9 heteroatoms. The van der Waals surface area contributed by atoms with Crippen molar-refractivity contribution in [3.05, 3.63) is 54.9 Å². The summed E-state index contributed by atoms with van der Waals surface area (Å²) in [6.07, 6.45) is 1.51. The number of nitrogens with one attached hydrogen (secondary N) is 2. The van der Waals surface area contributed by atoms with E-state index in [9.17, 15) is 8.42 Å². The average Bonchev–Trinajstić information content (AvgIpc) is 2.77. The fourth-order valence-electron chi connectivity index (χ4n) is 3.29. The Morgan fingerprint density at radius 3 is 2.66 bits per heavy atom. The van der Waals surface area contributed by atoms with Crippen LogP contribution in [-0.4, -0.2) is 57.8 Å². The van der Waals surface area contributed by atoms with Crippen LogP contribution < -0.4 is 14.9 Å². The molecule has 2 N–H and O–H groups in total. The average molecular weight is 414 g/mol. The van der Waals surface area contributed by atoms with Crippen molar-refractivity contribution in [3.8, 4) is 0 Å². The number of hydrogen-bond acceptors (Lipinski definition) is 7. The molecule has 4 rings (SSSR count). The molecule has 2 aromatic carbocycles. The maximum absolute atomic E-state index is 12.7. The maximum atomic E-state index is 12.7. The topological polar surface area (TPSA) is 96.5 Å². The predicted octanol–water partition coefficient (Wildman–Crippen LogP) is 1.86. The van der Waals surface area contributed by atoms with E-state index < -0.39 is 10.0 Å². The van der Waals surface area contributed by atoms with E-state index in [1.807, 2.05) is 36.4 Å². The van der Waals surface area contributed by atoms with Crippen molar-refractivity contribution in [2.45, 2.75) is 4.90 Å². The second-order valence-electron chi connectivity index (χ2n) is 6.66. The van der Waals surface area contributed by atoms with Gasteiger partial charge in [-0.2, -0.15) is 0 Å². The van der Waals surface area contributed by atoms with Gasteiger partial charge in [0.25, 0.3) is 0 Å². The molecule has 1 aliphatic rings. The zero-order valence-corrected chi connectivity index (χ0v) is 16.7. The third kappa shape index (κ3) is 4.64. The Morgan fingerprint density at radius 1 is 1.00 bits per heavy atom. The molecular weight excluding hydrogens is 390 g/mol. The number of aromatic nitrogens is 2. The van der Waals surface area contributed by atoms with Crippen LogP contribution in [0.1, 0.15) is 0 Å². The molecule has 0 amide bonds. The Morgan fingerprint density at radius 2 is 1.79 bits per heavy atom. The van der Waals surface area contributed by atoms with Crippen LogP contribution >= 0.6 is 0 Å². The number of nitrogens with zero attached hydrogens (tertiary/aromatic N) is 3. The molecule has 152 valence electrons. The summed E-state index contributed by atoms with van der Waals surface area (Å²) in [5.74, 6) is 1.49. The minimum atomic E-state index is -3.61. The van der Waals surface area contributed by atoms with E-state index in [0.29, 0.717) is 31.0 Å². The van der Waals surface area contributed by atoms with Crippen molar-refractivity contribution >= 4 is 32.4 Å². The summed E-state index contributed by atoms with van der Waals surface area (Å²) in [7, 11) is -3.61. The fraction of sp³-hybridized carbons (Fsp3) is 0.300. The summed E-state index contributed by atoms with van der Waals surface area (Å²) >= 11 is 0. The molecular formula is C20H23N5O3S. The molecule has 0 radical (unpaired) electrons. The van der Waals surface area contributed by atoms with Gasteiger partial charge in [-0.1, -0.05) is 36.4 Å². The van der Waals surface area contributed by atoms with Gasteiger partial charge in [0.05, 0.1) is 18.1 Å². The Balaban J connectivity index is 1.36. The second-order valence-corrected chi connectivity index (χ2v) is 8.40. The third-order valence-corrected chi connectivity index (χ3v) is 6.27. The Hall–Kier alpha value is -2.75. The van der Waals surface area contributed by atoms with Crippen molar-refractivity contribution in [2.75, 3.05) is 49.6 Å². The number of hydrogen-bond donors (Lipinski definition) is 2. The maximum Gasteiger partial charge on any atom is 0.241 e. The predicted molar refractivity (Wildman–Crippen MR) is 113 cm³/mol. The van der Waals surface area contributed by atoms with E-state index in [1.165, 1.54) is 6.33 Å². The summed E-state index contributed by atoms with van der Waals surface area (Å²) in [5, 5.41) is 4.75. The van der Waals surface area contributed by atoms with E-state index in [4.69, 9.17) is 4.74 Å². The molecule has 29 heavy (non-hydrogen) atoms. The number of ether oxygens (including phenoxy) is 1. The first kappa shape index (κ1) is 19.6. The molecule has 1 aromatic heterocycles. The number of morpholine rings is 1. The van der Waals surface area contributed by atoms with Gasteiger partial charge in [0.2, 0.25) is 10.0 Å².